The average molecular weight is 303 g/mol. The molecule has 0 saturated heterocycles. The van der Waals surface area contributed by atoms with Gasteiger partial charge < -0.3 is 4.57 Å². The Morgan fingerprint density at radius 2 is 1.74 bits per heavy atom. The number of hydrogen-bond donors (Lipinski definition) is 0. The third kappa shape index (κ3) is 2.06. The van der Waals surface area contributed by atoms with Crippen LogP contribution in [-0.2, 0) is 6.54 Å². The molecule has 0 atom stereocenters. The summed E-state index contributed by atoms with van der Waals surface area (Å²) in [6.07, 6.45) is 1.77. The molecule has 0 bridgehead atoms. The van der Waals surface area contributed by atoms with Gasteiger partial charge >= 0.3 is 0 Å². The zero-order chi connectivity index (χ0) is 16.0. The molecule has 3 aromatic heterocycles. The molecule has 4 rings (SSSR count). The van der Waals surface area contributed by atoms with Crippen molar-refractivity contribution in [2.24, 2.45) is 0 Å². The van der Waals surface area contributed by atoms with E-state index < -0.39 is 0 Å². The minimum atomic E-state index is -0.00184. The minimum absolute atomic E-state index is 0.00184. The summed E-state index contributed by atoms with van der Waals surface area (Å²) in [5.41, 5.74) is 4.73. The zero-order valence-electron chi connectivity index (χ0n) is 13.2. The molecule has 23 heavy (non-hydrogen) atoms. The monoisotopic (exact) mass is 303 g/mol. The maximum absolute atomic E-state index is 12.8. The van der Waals surface area contributed by atoms with Crippen molar-refractivity contribution in [2.45, 2.75) is 20.4 Å². The predicted molar refractivity (Wildman–Crippen MR) is 92.0 cm³/mol. The maximum Gasteiger partial charge on any atom is 0.267 e. The molecule has 114 valence electrons. The van der Waals surface area contributed by atoms with Gasteiger partial charge in [0.1, 0.15) is 11.3 Å². The van der Waals surface area contributed by atoms with Crippen LogP contribution in [0.2, 0.25) is 0 Å². The quantitative estimate of drug-likeness (QED) is 0.570. The van der Waals surface area contributed by atoms with Crippen molar-refractivity contribution in [2.75, 3.05) is 0 Å². The maximum atomic E-state index is 12.8. The Bertz CT molecular complexity index is 1070. The highest BCUT2D eigenvalue weighted by Crippen LogP contribution is 2.22. The van der Waals surface area contributed by atoms with Gasteiger partial charge in [0, 0.05) is 18.4 Å². The molecular formula is C19H17N3O. The number of hydrogen-bond acceptors (Lipinski definition) is 2. The van der Waals surface area contributed by atoms with E-state index in [1.54, 1.807) is 10.6 Å². The van der Waals surface area contributed by atoms with Crippen LogP contribution in [0.1, 0.15) is 16.8 Å². The molecule has 0 saturated carbocycles. The molecule has 3 heterocycles. The summed E-state index contributed by atoms with van der Waals surface area (Å²) in [6.45, 7) is 4.76. The summed E-state index contributed by atoms with van der Waals surface area (Å²) in [5, 5.41) is 0.710. The van der Waals surface area contributed by atoms with Gasteiger partial charge in [-0.3, -0.25) is 9.20 Å². The summed E-state index contributed by atoms with van der Waals surface area (Å²) in [5.74, 6) is 0. The van der Waals surface area contributed by atoms with E-state index in [4.69, 9.17) is 4.98 Å². The van der Waals surface area contributed by atoms with Gasteiger partial charge in [0.25, 0.3) is 5.56 Å². The predicted octanol–water partition coefficient (Wildman–Crippen LogP) is 3.31. The average Bonchev–Trinajstić information content (AvgIpc) is 2.81. The molecule has 0 spiro atoms. The lowest BCUT2D eigenvalue weighted by Gasteiger charge is -2.08. The Hall–Kier alpha value is -2.88. The second kappa shape index (κ2) is 5.09. The van der Waals surface area contributed by atoms with Gasteiger partial charge in [-0.1, -0.05) is 36.4 Å². The molecule has 0 radical (unpaired) electrons. The van der Waals surface area contributed by atoms with Gasteiger partial charge in [-0.15, -0.1) is 0 Å². The Balaban J connectivity index is 2.05. The van der Waals surface area contributed by atoms with Crippen LogP contribution in [0.3, 0.4) is 0 Å². The van der Waals surface area contributed by atoms with Crippen LogP contribution in [0.25, 0.3) is 16.7 Å². The van der Waals surface area contributed by atoms with Crippen LogP contribution in [-0.4, -0.2) is 14.0 Å². The van der Waals surface area contributed by atoms with Crippen molar-refractivity contribution >= 4 is 16.7 Å². The third-order valence-electron chi connectivity index (χ3n) is 4.48. The van der Waals surface area contributed by atoms with Crippen molar-refractivity contribution in [3.63, 3.8) is 0 Å². The fourth-order valence-electron chi connectivity index (χ4n) is 3.10. The van der Waals surface area contributed by atoms with Crippen molar-refractivity contribution in [3.05, 3.63) is 81.9 Å². The molecule has 0 fully saturated rings. The van der Waals surface area contributed by atoms with Crippen LogP contribution in [0.15, 0.2) is 59.5 Å². The Labute approximate surface area is 133 Å². The molecule has 0 unspecified atom stereocenters. The molecular weight excluding hydrogens is 286 g/mol. The molecule has 0 amide bonds. The Morgan fingerprint density at radius 1 is 1.00 bits per heavy atom. The third-order valence-corrected chi connectivity index (χ3v) is 4.48. The number of fused-ring (bicyclic) bond motifs is 2. The van der Waals surface area contributed by atoms with E-state index in [0.717, 1.165) is 16.9 Å². The van der Waals surface area contributed by atoms with Crippen molar-refractivity contribution in [1.82, 2.24) is 14.0 Å². The summed E-state index contributed by atoms with van der Waals surface area (Å²) in [6, 6.07) is 15.9. The first-order chi connectivity index (χ1) is 11.2. The van der Waals surface area contributed by atoms with Gasteiger partial charge in [0.2, 0.25) is 0 Å². The Morgan fingerprint density at radius 3 is 2.52 bits per heavy atom. The van der Waals surface area contributed by atoms with Crippen molar-refractivity contribution in [1.29, 1.82) is 0 Å². The summed E-state index contributed by atoms with van der Waals surface area (Å²) in [7, 11) is 0. The van der Waals surface area contributed by atoms with E-state index in [-0.39, 0.29) is 5.56 Å². The molecule has 4 aromatic rings. The summed E-state index contributed by atoms with van der Waals surface area (Å²) in [4.78, 5) is 17.6. The van der Waals surface area contributed by atoms with E-state index >= 15 is 0 Å². The van der Waals surface area contributed by atoms with Gasteiger partial charge in [-0.05, 0) is 37.1 Å². The molecule has 0 aliphatic rings. The van der Waals surface area contributed by atoms with Crippen LogP contribution in [0.5, 0.6) is 0 Å². The first kappa shape index (κ1) is 13.8. The number of benzene rings is 1. The summed E-state index contributed by atoms with van der Waals surface area (Å²) < 4.78 is 3.75. The molecule has 4 nitrogen and oxygen atoms in total. The van der Waals surface area contributed by atoms with E-state index in [1.165, 1.54) is 5.56 Å². The number of aromatic nitrogens is 3. The smallest absolute Gasteiger partial charge is 0.267 e. The number of rotatable bonds is 2. The number of aryl methyl sites for hydroxylation is 1. The number of pyridine rings is 1. The summed E-state index contributed by atoms with van der Waals surface area (Å²) >= 11 is 0. The van der Waals surface area contributed by atoms with Gasteiger partial charge in [0.05, 0.1) is 5.39 Å². The fraction of sp³-hybridized carbons (Fsp3) is 0.158. The molecule has 1 aromatic carbocycles. The topological polar surface area (TPSA) is 39.3 Å². The van der Waals surface area contributed by atoms with E-state index in [2.05, 4.69) is 23.6 Å². The van der Waals surface area contributed by atoms with Crippen molar-refractivity contribution in [3.8, 4) is 0 Å². The van der Waals surface area contributed by atoms with Crippen LogP contribution < -0.4 is 5.56 Å². The normalized spacial score (nSPS) is 11.4. The van der Waals surface area contributed by atoms with E-state index in [0.29, 0.717) is 17.6 Å². The first-order valence-electron chi connectivity index (χ1n) is 7.67. The minimum Gasteiger partial charge on any atom is -0.325 e. The van der Waals surface area contributed by atoms with Crippen LogP contribution in [0.4, 0.5) is 0 Å². The largest absolute Gasteiger partial charge is 0.325 e. The standard InChI is InChI=1S/C19H17N3O/c1-13-14(2)22(12-15-8-4-3-5-9-15)18-17(13)19(23)21-11-7-6-10-16(21)20-18/h3-11H,12H2,1-2H3. The van der Waals surface area contributed by atoms with Crippen LogP contribution in [0, 0.1) is 13.8 Å². The highest BCUT2D eigenvalue weighted by molar-refractivity contribution is 5.82. The highest BCUT2D eigenvalue weighted by Gasteiger charge is 2.17. The number of nitrogens with zero attached hydrogens (tertiary/aromatic N) is 3. The SMILES string of the molecule is Cc1c(C)n(Cc2ccccc2)c2nc3ccccn3c(=O)c12. The van der Waals surface area contributed by atoms with Crippen LogP contribution >= 0.6 is 0 Å². The molecule has 4 heteroatoms. The van der Waals surface area contributed by atoms with E-state index in [1.807, 2.05) is 43.3 Å². The lowest BCUT2D eigenvalue weighted by Crippen LogP contribution is -2.15. The van der Waals surface area contributed by atoms with Crippen molar-refractivity contribution < 1.29 is 0 Å². The Kier molecular flexibility index (Phi) is 3.05. The van der Waals surface area contributed by atoms with Gasteiger partial charge in [-0.2, -0.15) is 0 Å². The van der Waals surface area contributed by atoms with Gasteiger partial charge in [-0.25, -0.2) is 4.98 Å². The highest BCUT2D eigenvalue weighted by atomic mass is 16.1. The molecule has 0 aliphatic heterocycles. The zero-order valence-corrected chi connectivity index (χ0v) is 13.2. The fourth-order valence-corrected chi connectivity index (χ4v) is 3.10. The first-order valence-corrected chi connectivity index (χ1v) is 7.67. The molecule has 0 N–H and O–H groups in total. The molecule has 0 aliphatic carbocycles. The lowest BCUT2D eigenvalue weighted by atomic mass is 10.2. The van der Waals surface area contributed by atoms with Gasteiger partial charge in [0.15, 0.2) is 0 Å². The van der Waals surface area contributed by atoms with E-state index in [9.17, 15) is 4.79 Å². The lowest BCUT2D eigenvalue weighted by molar-refractivity contribution is 0.791. The second-order valence-corrected chi connectivity index (χ2v) is 5.83. The second-order valence-electron chi connectivity index (χ2n) is 5.83.